The third-order valence-corrected chi connectivity index (χ3v) is 10.7. The average Bonchev–Trinajstić information content (AvgIpc) is 3.24. The number of hydrogen-bond donors (Lipinski definition) is 2. The minimum Gasteiger partial charge on any atom is -0.494 e. The molecule has 2 N–H and O–H groups in total. The number of piperazine rings is 1. The quantitative estimate of drug-likeness (QED) is 0.209. The van der Waals surface area contributed by atoms with E-state index >= 15 is 0 Å². The number of rotatable bonds is 9. The number of methoxy groups -OCH3 is 3. The molecule has 0 aliphatic carbocycles. The van der Waals surface area contributed by atoms with Crippen LogP contribution in [-0.2, 0) is 0 Å². The molecule has 2 aliphatic heterocycles. The topological polar surface area (TPSA) is 135 Å². The highest BCUT2D eigenvalue weighted by Crippen LogP contribution is 2.32. The summed E-state index contributed by atoms with van der Waals surface area (Å²) in [7, 11) is 4.58. The smallest absolute Gasteiger partial charge is 0.258 e. The zero-order chi connectivity index (χ0) is 40.1. The molecule has 4 aromatic heterocycles. The summed E-state index contributed by atoms with van der Waals surface area (Å²) in [6.07, 6.45) is 5.81. The normalized spacial score (nSPS) is 16.3. The summed E-state index contributed by atoms with van der Waals surface area (Å²) in [5.41, 5.74) is 5.56. The number of piperidine rings is 1. The van der Waals surface area contributed by atoms with Gasteiger partial charge in [0.1, 0.15) is 11.3 Å². The van der Waals surface area contributed by atoms with Crippen LogP contribution in [0.3, 0.4) is 0 Å². The van der Waals surface area contributed by atoms with Gasteiger partial charge in [0.05, 0.1) is 45.0 Å². The fourth-order valence-electron chi connectivity index (χ4n) is 7.55. The van der Waals surface area contributed by atoms with Crippen molar-refractivity contribution in [3.8, 4) is 39.8 Å². The molecule has 13 nitrogen and oxygen atoms in total. The summed E-state index contributed by atoms with van der Waals surface area (Å²) in [5.74, 6) is 1.32. The van der Waals surface area contributed by atoms with Gasteiger partial charge in [0, 0.05) is 67.9 Å². The molecule has 2 aliphatic rings. The molecule has 8 rings (SSSR count). The molecule has 2 aromatic carbocycles. The molecule has 298 valence electrons. The molecule has 2 saturated heterocycles. The molecule has 0 amide bonds. The van der Waals surface area contributed by atoms with E-state index in [0.29, 0.717) is 51.7 Å². The maximum absolute atomic E-state index is 13.6. The second-order valence-corrected chi connectivity index (χ2v) is 14.3. The van der Waals surface area contributed by atoms with Crippen LogP contribution in [0.25, 0.3) is 33.8 Å². The Bertz CT molecular complexity index is 2480. The number of hydrogen-bond acceptors (Lipinski definition) is 11. The molecule has 57 heavy (non-hydrogen) atoms. The number of ether oxygens (including phenoxy) is 3. The van der Waals surface area contributed by atoms with Crippen molar-refractivity contribution in [3.63, 3.8) is 0 Å². The maximum Gasteiger partial charge on any atom is 0.258 e. The fraction of sp³-hybridized carbons (Fsp3) is 0.349. The number of benzene rings is 2. The maximum atomic E-state index is 13.6. The van der Waals surface area contributed by atoms with E-state index in [1.807, 2.05) is 48.8 Å². The zero-order valence-electron chi connectivity index (χ0n) is 32.7. The van der Waals surface area contributed by atoms with Crippen molar-refractivity contribution in [3.05, 3.63) is 117 Å². The molecular formula is C43H48FN7O6. The van der Waals surface area contributed by atoms with Crippen molar-refractivity contribution in [1.29, 1.82) is 0 Å². The predicted molar refractivity (Wildman–Crippen MR) is 219 cm³/mol. The number of aliphatic hydroxyl groups is 1. The van der Waals surface area contributed by atoms with Gasteiger partial charge in [-0.25, -0.2) is 14.4 Å². The zero-order valence-corrected chi connectivity index (χ0v) is 32.7. The third-order valence-electron chi connectivity index (χ3n) is 10.7. The molecule has 0 spiro atoms. The summed E-state index contributed by atoms with van der Waals surface area (Å²) < 4.78 is 32.5. The van der Waals surface area contributed by atoms with Crippen molar-refractivity contribution in [1.82, 2.24) is 29.0 Å². The van der Waals surface area contributed by atoms with Gasteiger partial charge < -0.3 is 34.4 Å². The van der Waals surface area contributed by atoms with E-state index in [-0.39, 0.29) is 23.5 Å². The molecule has 6 aromatic rings. The first-order valence-corrected chi connectivity index (χ1v) is 19.1. The van der Waals surface area contributed by atoms with Gasteiger partial charge in [0.25, 0.3) is 11.1 Å². The van der Waals surface area contributed by atoms with Crippen molar-refractivity contribution < 1.29 is 23.7 Å². The molecule has 0 bridgehead atoms. The van der Waals surface area contributed by atoms with Gasteiger partial charge in [-0.1, -0.05) is 6.07 Å². The first kappa shape index (κ1) is 39.4. The van der Waals surface area contributed by atoms with Crippen LogP contribution in [0, 0.1) is 5.82 Å². The number of nitrogens with zero attached hydrogens (tertiary/aromatic N) is 6. The first-order chi connectivity index (χ1) is 27.7. The molecule has 1 atom stereocenters. The largest absolute Gasteiger partial charge is 0.494 e. The number of β-amino-alcohol motifs (C(OH)–C–C–N with tert-alkyl or cyclic N) is 1. The molecule has 14 heteroatoms. The van der Waals surface area contributed by atoms with Gasteiger partial charge in [-0.15, -0.1) is 0 Å². The van der Waals surface area contributed by atoms with Crippen LogP contribution < -0.4 is 35.5 Å². The first-order valence-electron chi connectivity index (χ1n) is 19.1. The van der Waals surface area contributed by atoms with Crippen LogP contribution in [0.4, 0.5) is 10.1 Å². The van der Waals surface area contributed by atoms with E-state index < -0.39 is 5.82 Å². The van der Waals surface area contributed by atoms with Crippen molar-refractivity contribution in [2.45, 2.75) is 31.7 Å². The molecule has 2 fully saturated rings. The molecular weight excluding hydrogens is 730 g/mol. The summed E-state index contributed by atoms with van der Waals surface area (Å²) in [5, 5.41) is 12.5. The lowest BCUT2D eigenvalue weighted by atomic mass is 9.90. The van der Waals surface area contributed by atoms with Crippen molar-refractivity contribution in [2.75, 3.05) is 72.1 Å². The SMILES string of the molecule is COc1cc(-c2cc(=O)n3cc(N4CCN[C@@H](C)C4)ccc3n2)ccc1F.COc1ccc(-c2cc(=O)n3cc(C4CCN(CCO)CC4)ccc3n2)cc1OC. The van der Waals surface area contributed by atoms with Crippen LogP contribution in [0.5, 0.6) is 17.2 Å². The Morgan fingerprint density at radius 2 is 1.37 bits per heavy atom. The summed E-state index contributed by atoms with van der Waals surface area (Å²) in [4.78, 5) is 39.3. The van der Waals surface area contributed by atoms with E-state index in [4.69, 9.17) is 24.3 Å². The number of nitrogens with one attached hydrogen (secondary N) is 1. The standard InChI is InChI=1S/C23H27N3O4.C20H21FN4O2/c1-29-20-5-3-17(13-21(20)30-2)19-14-23(28)26-15-18(4-6-22(26)24-19)16-7-9-25(10-8-16)11-12-27;1-13-11-24(8-7-22-13)15-4-6-19-23-17(10-20(26)25(19)12-15)14-3-5-16(21)18(9-14)27-2/h3-6,13-16,27H,7-12H2,1-2H3;3-6,9-10,12-13,22H,7-8,11H2,1-2H3/t;13-/m.0/s1. The second-order valence-electron chi connectivity index (χ2n) is 14.3. The Kier molecular flexibility index (Phi) is 12.1. The summed E-state index contributed by atoms with van der Waals surface area (Å²) in [6, 6.07) is 21.2. The number of pyridine rings is 2. The van der Waals surface area contributed by atoms with Crippen molar-refractivity contribution >= 4 is 17.0 Å². The van der Waals surface area contributed by atoms with Gasteiger partial charge in [0.15, 0.2) is 23.1 Å². The van der Waals surface area contributed by atoms with Gasteiger partial charge in [0.2, 0.25) is 0 Å². The van der Waals surface area contributed by atoms with Gasteiger partial charge in [-0.05, 0) is 98.9 Å². The monoisotopic (exact) mass is 777 g/mol. The summed E-state index contributed by atoms with van der Waals surface area (Å²) >= 11 is 0. The van der Waals surface area contributed by atoms with E-state index in [1.165, 1.54) is 19.2 Å². The minimum atomic E-state index is -0.450. The molecule has 0 radical (unpaired) electrons. The summed E-state index contributed by atoms with van der Waals surface area (Å²) in [6.45, 7) is 7.70. The number of aliphatic hydroxyl groups excluding tert-OH is 1. The highest BCUT2D eigenvalue weighted by molar-refractivity contribution is 5.66. The fourth-order valence-corrected chi connectivity index (χ4v) is 7.55. The van der Waals surface area contributed by atoms with Crippen molar-refractivity contribution in [2.24, 2.45) is 0 Å². The number of aromatic nitrogens is 4. The van der Waals surface area contributed by atoms with Crippen LogP contribution in [0.2, 0.25) is 0 Å². The van der Waals surface area contributed by atoms with Crippen LogP contribution in [0.1, 0.15) is 31.2 Å². The lowest BCUT2D eigenvalue weighted by Crippen LogP contribution is -2.49. The third kappa shape index (κ3) is 8.78. The van der Waals surface area contributed by atoms with E-state index in [2.05, 4.69) is 33.1 Å². The lowest BCUT2D eigenvalue weighted by molar-refractivity contribution is 0.164. The average molecular weight is 778 g/mol. The predicted octanol–water partition coefficient (Wildman–Crippen LogP) is 4.86. The number of halogens is 1. The molecule has 0 saturated carbocycles. The number of fused-ring (bicyclic) bond motifs is 2. The Morgan fingerprint density at radius 1 is 0.754 bits per heavy atom. The Balaban J connectivity index is 0.000000175. The van der Waals surface area contributed by atoms with E-state index in [1.54, 1.807) is 41.2 Å². The highest BCUT2D eigenvalue weighted by Gasteiger charge is 2.21. The molecule has 6 heterocycles. The van der Waals surface area contributed by atoms with Gasteiger partial charge in [-0.3, -0.25) is 18.4 Å². The van der Waals surface area contributed by atoms with Crippen LogP contribution >= 0.6 is 0 Å². The second kappa shape index (κ2) is 17.5. The van der Waals surface area contributed by atoms with Crippen LogP contribution in [0.15, 0.2) is 94.8 Å². The van der Waals surface area contributed by atoms with Crippen LogP contribution in [-0.4, -0.2) is 102 Å². The number of likely N-dealkylation sites (tertiary alicyclic amines) is 1. The highest BCUT2D eigenvalue weighted by atomic mass is 19.1. The van der Waals surface area contributed by atoms with E-state index in [9.17, 15) is 14.0 Å². The van der Waals surface area contributed by atoms with E-state index in [0.717, 1.165) is 68.9 Å². The Morgan fingerprint density at radius 3 is 2.00 bits per heavy atom. The molecule has 0 unspecified atom stereocenters. The lowest BCUT2D eigenvalue weighted by Gasteiger charge is -2.33. The number of anilines is 1. The Hall–Kier alpha value is -5.83. The minimum absolute atomic E-state index is 0.107. The Labute approximate surface area is 329 Å². The van der Waals surface area contributed by atoms with Gasteiger partial charge >= 0.3 is 0 Å². The van der Waals surface area contributed by atoms with Gasteiger partial charge in [-0.2, -0.15) is 0 Å².